The molecule has 188 valence electrons. The van der Waals surface area contributed by atoms with Crippen molar-refractivity contribution in [1.29, 1.82) is 0 Å². The summed E-state index contributed by atoms with van der Waals surface area (Å²) in [6, 6.07) is 20.7. The minimum atomic E-state index is -0.472. The number of piperazine rings is 1. The quantitative estimate of drug-likeness (QED) is 0.388. The number of nitrogens with zero attached hydrogens (tertiary/aromatic N) is 4. The topological polar surface area (TPSA) is 86.1 Å². The van der Waals surface area contributed by atoms with Gasteiger partial charge in [-0.15, -0.1) is 0 Å². The summed E-state index contributed by atoms with van der Waals surface area (Å²) in [6.07, 6.45) is 0. The van der Waals surface area contributed by atoms with Gasteiger partial charge in [-0.3, -0.25) is 9.69 Å². The maximum Gasteiger partial charge on any atom is 0.337 e. The van der Waals surface area contributed by atoms with E-state index in [1.54, 1.807) is 34.9 Å². The van der Waals surface area contributed by atoms with Crippen molar-refractivity contribution in [2.24, 2.45) is 0 Å². The molecular formula is C28H26N4O5. The van der Waals surface area contributed by atoms with Crippen molar-refractivity contribution in [2.45, 2.75) is 6.54 Å². The summed E-state index contributed by atoms with van der Waals surface area (Å²) in [5, 5.41) is 0.414. The predicted molar refractivity (Wildman–Crippen MR) is 139 cm³/mol. The predicted octanol–water partition coefficient (Wildman–Crippen LogP) is 3.22. The van der Waals surface area contributed by atoms with Gasteiger partial charge in [0.15, 0.2) is 11.5 Å². The molecule has 0 spiro atoms. The van der Waals surface area contributed by atoms with Gasteiger partial charge in [0.05, 0.1) is 29.3 Å². The van der Waals surface area contributed by atoms with Gasteiger partial charge in [0.25, 0.3) is 5.56 Å². The van der Waals surface area contributed by atoms with Crippen LogP contribution in [0.1, 0.15) is 15.9 Å². The second kappa shape index (κ2) is 9.59. The number of rotatable bonds is 5. The number of fused-ring (bicyclic) bond motifs is 2. The molecule has 1 aromatic heterocycles. The summed E-state index contributed by atoms with van der Waals surface area (Å²) in [5.41, 5.74) is 2.49. The van der Waals surface area contributed by atoms with Crippen molar-refractivity contribution in [3.8, 4) is 17.2 Å². The molecule has 2 aliphatic heterocycles. The molecule has 0 unspecified atom stereocenters. The fourth-order valence-corrected chi connectivity index (χ4v) is 4.84. The lowest BCUT2D eigenvalue weighted by Crippen LogP contribution is -2.47. The molecule has 9 heteroatoms. The Hall–Kier alpha value is -4.37. The van der Waals surface area contributed by atoms with Crippen LogP contribution in [-0.2, 0) is 11.3 Å². The van der Waals surface area contributed by atoms with Gasteiger partial charge in [-0.1, -0.05) is 30.3 Å². The molecule has 9 nitrogen and oxygen atoms in total. The molecule has 3 heterocycles. The van der Waals surface area contributed by atoms with Gasteiger partial charge in [-0.25, -0.2) is 14.3 Å². The maximum atomic E-state index is 13.8. The molecule has 4 aromatic rings. The van der Waals surface area contributed by atoms with Crippen LogP contribution in [0.5, 0.6) is 11.5 Å². The minimum absolute atomic E-state index is 0.149. The molecule has 6 rings (SSSR count). The van der Waals surface area contributed by atoms with Gasteiger partial charge in [-0.05, 0) is 35.9 Å². The summed E-state index contributed by atoms with van der Waals surface area (Å²) in [7, 11) is 1.33. The number of anilines is 1. The van der Waals surface area contributed by atoms with E-state index in [-0.39, 0.29) is 12.4 Å². The van der Waals surface area contributed by atoms with E-state index in [0.717, 1.165) is 19.6 Å². The van der Waals surface area contributed by atoms with E-state index < -0.39 is 5.97 Å². The molecule has 3 aromatic carbocycles. The molecule has 0 amide bonds. The van der Waals surface area contributed by atoms with Crippen LogP contribution in [0.4, 0.5) is 5.95 Å². The van der Waals surface area contributed by atoms with Gasteiger partial charge < -0.3 is 19.1 Å². The molecule has 37 heavy (non-hydrogen) atoms. The van der Waals surface area contributed by atoms with Crippen molar-refractivity contribution in [2.75, 3.05) is 45.0 Å². The SMILES string of the molecule is COC(=O)c1ccc2c(=O)n(-c3ccc4c(c3)OCO4)c(N3CCN(Cc4ccccc4)CC3)nc2c1. The summed E-state index contributed by atoms with van der Waals surface area (Å²) in [5.74, 6) is 1.28. The smallest absolute Gasteiger partial charge is 0.337 e. The van der Waals surface area contributed by atoms with E-state index in [9.17, 15) is 9.59 Å². The van der Waals surface area contributed by atoms with Crippen LogP contribution in [0.25, 0.3) is 16.6 Å². The van der Waals surface area contributed by atoms with E-state index >= 15 is 0 Å². The van der Waals surface area contributed by atoms with Crippen molar-refractivity contribution in [1.82, 2.24) is 14.5 Å². The van der Waals surface area contributed by atoms with Crippen molar-refractivity contribution < 1.29 is 19.0 Å². The Labute approximate surface area is 213 Å². The lowest BCUT2D eigenvalue weighted by atomic mass is 10.1. The molecule has 0 aliphatic carbocycles. The fraction of sp³-hybridized carbons (Fsp3) is 0.250. The number of benzene rings is 3. The van der Waals surface area contributed by atoms with E-state index in [2.05, 4.69) is 34.1 Å². The average molecular weight is 499 g/mol. The molecule has 0 bridgehead atoms. The molecular weight excluding hydrogens is 472 g/mol. The second-order valence-corrected chi connectivity index (χ2v) is 9.06. The van der Waals surface area contributed by atoms with Crippen molar-refractivity contribution >= 4 is 22.8 Å². The number of esters is 1. The van der Waals surface area contributed by atoms with Gasteiger partial charge in [0, 0.05) is 38.8 Å². The summed E-state index contributed by atoms with van der Waals surface area (Å²) >= 11 is 0. The van der Waals surface area contributed by atoms with Crippen LogP contribution >= 0.6 is 0 Å². The Bertz CT molecular complexity index is 1530. The van der Waals surface area contributed by atoms with Crippen LogP contribution in [0, 0.1) is 0 Å². The lowest BCUT2D eigenvalue weighted by Gasteiger charge is -2.36. The minimum Gasteiger partial charge on any atom is -0.465 e. The Kier molecular flexibility index (Phi) is 5.97. The summed E-state index contributed by atoms with van der Waals surface area (Å²) in [4.78, 5) is 35.4. The number of hydrogen-bond acceptors (Lipinski definition) is 8. The van der Waals surface area contributed by atoms with E-state index in [1.165, 1.54) is 12.7 Å². The second-order valence-electron chi connectivity index (χ2n) is 9.06. The standard InChI is InChI=1S/C28H26N4O5/c1-35-27(34)20-7-9-22-23(15-20)29-28(31-13-11-30(12-14-31)17-19-5-3-2-4-6-19)32(26(22)33)21-8-10-24-25(16-21)37-18-36-24/h2-10,15-16H,11-14,17-18H2,1H3. The highest BCUT2D eigenvalue weighted by Crippen LogP contribution is 2.34. The highest BCUT2D eigenvalue weighted by Gasteiger charge is 2.25. The van der Waals surface area contributed by atoms with E-state index in [1.807, 2.05) is 12.1 Å². The number of carbonyl (C=O) groups is 1. The molecule has 0 saturated carbocycles. The number of aromatic nitrogens is 2. The molecule has 2 aliphatic rings. The van der Waals surface area contributed by atoms with Gasteiger partial charge in [0.2, 0.25) is 12.7 Å². The lowest BCUT2D eigenvalue weighted by molar-refractivity contribution is 0.0601. The van der Waals surface area contributed by atoms with Gasteiger partial charge in [-0.2, -0.15) is 0 Å². The number of hydrogen-bond donors (Lipinski definition) is 0. The monoisotopic (exact) mass is 498 g/mol. The van der Waals surface area contributed by atoms with Crippen LogP contribution in [-0.4, -0.2) is 60.5 Å². The van der Waals surface area contributed by atoms with Crippen LogP contribution in [0.3, 0.4) is 0 Å². The Morgan fingerprint density at radius 1 is 0.946 bits per heavy atom. The Morgan fingerprint density at radius 2 is 1.73 bits per heavy atom. The first-order valence-electron chi connectivity index (χ1n) is 12.2. The largest absolute Gasteiger partial charge is 0.465 e. The maximum absolute atomic E-state index is 13.8. The average Bonchev–Trinajstić information content (AvgIpc) is 3.41. The third-order valence-electron chi connectivity index (χ3n) is 6.79. The highest BCUT2D eigenvalue weighted by molar-refractivity contribution is 5.94. The van der Waals surface area contributed by atoms with Crippen LogP contribution < -0.4 is 19.9 Å². The number of methoxy groups -OCH3 is 1. The van der Waals surface area contributed by atoms with E-state index in [0.29, 0.717) is 52.7 Å². The molecule has 0 radical (unpaired) electrons. The van der Waals surface area contributed by atoms with Gasteiger partial charge >= 0.3 is 5.97 Å². The highest BCUT2D eigenvalue weighted by atomic mass is 16.7. The zero-order valence-electron chi connectivity index (χ0n) is 20.4. The zero-order chi connectivity index (χ0) is 25.4. The summed E-state index contributed by atoms with van der Waals surface area (Å²) < 4.78 is 17.5. The third-order valence-corrected chi connectivity index (χ3v) is 6.79. The van der Waals surface area contributed by atoms with Crippen molar-refractivity contribution in [3.05, 3.63) is 88.2 Å². The van der Waals surface area contributed by atoms with Gasteiger partial charge in [0.1, 0.15) is 0 Å². The zero-order valence-corrected chi connectivity index (χ0v) is 20.4. The first kappa shape index (κ1) is 23.1. The normalized spacial score (nSPS) is 15.2. The Morgan fingerprint density at radius 3 is 2.51 bits per heavy atom. The fourth-order valence-electron chi connectivity index (χ4n) is 4.84. The van der Waals surface area contributed by atoms with Crippen LogP contribution in [0.15, 0.2) is 71.5 Å². The van der Waals surface area contributed by atoms with E-state index in [4.69, 9.17) is 19.2 Å². The molecule has 1 saturated heterocycles. The third kappa shape index (κ3) is 4.38. The first-order valence-corrected chi connectivity index (χ1v) is 12.2. The Balaban J connectivity index is 1.40. The van der Waals surface area contributed by atoms with Crippen molar-refractivity contribution in [3.63, 3.8) is 0 Å². The first-order chi connectivity index (χ1) is 18.1. The summed E-state index contributed by atoms with van der Waals surface area (Å²) in [6.45, 7) is 4.07. The van der Waals surface area contributed by atoms with Crippen LogP contribution in [0.2, 0.25) is 0 Å². The molecule has 1 fully saturated rings. The molecule has 0 atom stereocenters. The number of ether oxygens (including phenoxy) is 3. The number of carbonyl (C=O) groups excluding carboxylic acids is 1. The molecule has 0 N–H and O–H groups in total.